The second-order valence-electron chi connectivity index (χ2n) is 6.26. The number of carbonyl (C=O) groups is 1. The van der Waals surface area contributed by atoms with Gasteiger partial charge in [-0.05, 0) is 29.8 Å². The minimum atomic E-state index is -0.0880. The summed E-state index contributed by atoms with van der Waals surface area (Å²) >= 11 is 3.44. The first-order valence-corrected chi connectivity index (χ1v) is 9.49. The fraction of sp³-hybridized carbons (Fsp3) is 0.350. The van der Waals surface area contributed by atoms with E-state index in [9.17, 15) is 4.79 Å². The van der Waals surface area contributed by atoms with Gasteiger partial charge in [-0.1, -0.05) is 28.1 Å². The van der Waals surface area contributed by atoms with Gasteiger partial charge in [0.05, 0.1) is 39.2 Å². The van der Waals surface area contributed by atoms with E-state index in [0.29, 0.717) is 36.9 Å². The van der Waals surface area contributed by atoms with Crippen LogP contribution in [0.4, 0.5) is 5.69 Å². The molecule has 0 aliphatic carbocycles. The summed E-state index contributed by atoms with van der Waals surface area (Å²) < 4.78 is 17.4. The van der Waals surface area contributed by atoms with Crippen molar-refractivity contribution in [2.75, 3.05) is 45.8 Å². The number of nitrogens with one attached hydrogen (secondary N) is 1. The van der Waals surface area contributed by atoms with Gasteiger partial charge in [0.2, 0.25) is 5.91 Å². The number of nitrogens with zero attached hydrogens (tertiary/aromatic N) is 1. The van der Waals surface area contributed by atoms with Crippen LogP contribution in [0.1, 0.15) is 11.7 Å². The van der Waals surface area contributed by atoms with Crippen LogP contribution in [0.5, 0.6) is 11.5 Å². The van der Waals surface area contributed by atoms with E-state index in [-0.39, 0.29) is 12.0 Å². The van der Waals surface area contributed by atoms with Gasteiger partial charge in [-0.25, -0.2) is 0 Å². The maximum atomic E-state index is 12.5. The highest BCUT2D eigenvalue weighted by molar-refractivity contribution is 9.10. The lowest BCUT2D eigenvalue weighted by Crippen LogP contribution is -2.42. The van der Waals surface area contributed by atoms with Crippen LogP contribution >= 0.6 is 15.9 Å². The Morgan fingerprint density at radius 2 is 2.00 bits per heavy atom. The van der Waals surface area contributed by atoms with Crippen LogP contribution in [0, 0.1) is 0 Å². The number of rotatable bonds is 6. The van der Waals surface area contributed by atoms with Crippen molar-refractivity contribution in [2.45, 2.75) is 6.10 Å². The van der Waals surface area contributed by atoms with Gasteiger partial charge < -0.3 is 19.5 Å². The lowest BCUT2D eigenvalue weighted by molar-refractivity contribution is -0.119. The number of ether oxygens (including phenoxy) is 3. The number of benzene rings is 2. The normalized spacial score (nSPS) is 17.4. The number of halogens is 1. The zero-order valence-corrected chi connectivity index (χ0v) is 17.0. The Balaban J connectivity index is 1.60. The number of anilines is 1. The molecule has 1 aliphatic rings. The third-order valence-electron chi connectivity index (χ3n) is 4.44. The molecule has 0 spiro atoms. The van der Waals surface area contributed by atoms with Crippen molar-refractivity contribution in [3.05, 3.63) is 52.5 Å². The third-order valence-corrected chi connectivity index (χ3v) is 4.97. The van der Waals surface area contributed by atoms with E-state index in [1.807, 2.05) is 24.3 Å². The molecule has 2 aromatic carbocycles. The molecule has 0 saturated carbocycles. The molecule has 1 amide bonds. The van der Waals surface area contributed by atoms with E-state index in [2.05, 4.69) is 26.1 Å². The fourth-order valence-corrected chi connectivity index (χ4v) is 3.28. The Kier molecular flexibility index (Phi) is 6.71. The van der Waals surface area contributed by atoms with E-state index in [4.69, 9.17) is 14.2 Å². The molecule has 27 heavy (non-hydrogen) atoms. The smallest absolute Gasteiger partial charge is 0.238 e. The van der Waals surface area contributed by atoms with Crippen LogP contribution in [-0.4, -0.2) is 51.3 Å². The molecule has 3 rings (SSSR count). The molecule has 1 atom stereocenters. The molecule has 2 aromatic rings. The Hall–Kier alpha value is -2.09. The van der Waals surface area contributed by atoms with Crippen molar-refractivity contribution in [3.8, 4) is 11.5 Å². The maximum absolute atomic E-state index is 12.5. The largest absolute Gasteiger partial charge is 0.497 e. The first kappa shape index (κ1) is 19.7. The van der Waals surface area contributed by atoms with E-state index in [0.717, 1.165) is 16.6 Å². The van der Waals surface area contributed by atoms with Gasteiger partial charge in [0.25, 0.3) is 0 Å². The van der Waals surface area contributed by atoms with Gasteiger partial charge in [-0.15, -0.1) is 0 Å². The molecule has 7 heteroatoms. The summed E-state index contributed by atoms with van der Waals surface area (Å²) in [6.45, 7) is 2.29. The SMILES string of the molecule is COc1ccc(NC(=O)CN2CCOC(c3ccc(Br)cc3)C2)c(OC)c1. The summed E-state index contributed by atoms with van der Waals surface area (Å²) in [6.07, 6.45) is -0.0322. The molecule has 1 aliphatic heterocycles. The molecule has 1 unspecified atom stereocenters. The summed E-state index contributed by atoms with van der Waals surface area (Å²) in [4.78, 5) is 14.6. The molecule has 0 aromatic heterocycles. The average molecular weight is 435 g/mol. The predicted octanol–water partition coefficient (Wildman–Crippen LogP) is 3.48. The van der Waals surface area contributed by atoms with Gasteiger partial charge in [0.15, 0.2) is 0 Å². The fourth-order valence-electron chi connectivity index (χ4n) is 3.02. The van der Waals surface area contributed by atoms with Crippen molar-refractivity contribution >= 4 is 27.5 Å². The van der Waals surface area contributed by atoms with Crippen LogP contribution in [0.15, 0.2) is 46.9 Å². The van der Waals surface area contributed by atoms with Crippen LogP contribution < -0.4 is 14.8 Å². The maximum Gasteiger partial charge on any atom is 0.238 e. The van der Waals surface area contributed by atoms with Gasteiger partial charge >= 0.3 is 0 Å². The highest BCUT2D eigenvalue weighted by atomic mass is 79.9. The standard InChI is InChI=1S/C20H23BrN2O4/c1-25-16-7-8-17(18(11-16)26-2)22-20(24)13-23-9-10-27-19(12-23)14-3-5-15(21)6-4-14/h3-8,11,19H,9-10,12-13H2,1-2H3,(H,22,24). The third kappa shape index (κ3) is 5.22. The van der Waals surface area contributed by atoms with E-state index >= 15 is 0 Å². The van der Waals surface area contributed by atoms with Crippen LogP contribution in [0.3, 0.4) is 0 Å². The Morgan fingerprint density at radius 1 is 1.22 bits per heavy atom. The number of morpholine rings is 1. The molecule has 1 fully saturated rings. The molecule has 1 N–H and O–H groups in total. The minimum absolute atomic E-state index is 0.0322. The molecule has 6 nitrogen and oxygen atoms in total. The number of carbonyl (C=O) groups excluding carboxylic acids is 1. The van der Waals surface area contributed by atoms with Crippen molar-refractivity contribution in [1.82, 2.24) is 4.90 Å². The van der Waals surface area contributed by atoms with Gasteiger partial charge in [0, 0.05) is 23.6 Å². The first-order chi connectivity index (χ1) is 13.1. The Morgan fingerprint density at radius 3 is 2.70 bits per heavy atom. The zero-order chi connectivity index (χ0) is 19.2. The summed E-state index contributed by atoms with van der Waals surface area (Å²) in [6, 6.07) is 13.4. The molecule has 0 radical (unpaired) electrons. The van der Waals surface area contributed by atoms with Crippen LogP contribution in [0.25, 0.3) is 0 Å². The number of hydrogen-bond donors (Lipinski definition) is 1. The second-order valence-corrected chi connectivity index (χ2v) is 7.18. The van der Waals surface area contributed by atoms with Crippen molar-refractivity contribution < 1.29 is 19.0 Å². The lowest BCUT2D eigenvalue weighted by Gasteiger charge is -2.32. The minimum Gasteiger partial charge on any atom is -0.497 e. The summed E-state index contributed by atoms with van der Waals surface area (Å²) in [5, 5.41) is 2.91. The average Bonchev–Trinajstić information content (AvgIpc) is 2.69. The highest BCUT2D eigenvalue weighted by Gasteiger charge is 2.23. The highest BCUT2D eigenvalue weighted by Crippen LogP contribution is 2.29. The Labute approximate surface area is 167 Å². The number of hydrogen-bond acceptors (Lipinski definition) is 5. The molecule has 144 valence electrons. The van der Waals surface area contributed by atoms with E-state index in [1.165, 1.54) is 0 Å². The van der Waals surface area contributed by atoms with Gasteiger partial charge in [-0.3, -0.25) is 9.69 Å². The molecular weight excluding hydrogens is 412 g/mol. The molecular formula is C20H23BrN2O4. The predicted molar refractivity (Wildman–Crippen MR) is 107 cm³/mol. The Bertz CT molecular complexity index is 782. The van der Waals surface area contributed by atoms with Gasteiger partial charge in [-0.2, -0.15) is 0 Å². The van der Waals surface area contributed by atoms with Crippen LogP contribution in [-0.2, 0) is 9.53 Å². The topological polar surface area (TPSA) is 60.0 Å². The van der Waals surface area contributed by atoms with Crippen LogP contribution in [0.2, 0.25) is 0 Å². The van der Waals surface area contributed by atoms with Crippen molar-refractivity contribution in [1.29, 1.82) is 0 Å². The number of amides is 1. The van der Waals surface area contributed by atoms with Gasteiger partial charge in [0.1, 0.15) is 11.5 Å². The zero-order valence-electron chi connectivity index (χ0n) is 15.4. The first-order valence-electron chi connectivity index (χ1n) is 8.70. The second kappa shape index (κ2) is 9.21. The quantitative estimate of drug-likeness (QED) is 0.753. The molecule has 1 heterocycles. The summed E-state index contributed by atoms with van der Waals surface area (Å²) in [5.74, 6) is 1.16. The van der Waals surface area contributed by atoms with Crippen molar-refractivity contribution in [3.63, 3.8) is 0 Å². The summed E-state index contributed by atoms with van der Waals surface area (Å²) in [5.41, 5.74) is 1.74. The van der Waals surface area contributed by atoms with Crippen molar-refractivity contribution in [2.24, 2.45) is 0 Å². The molecule has 0 bridgehead atoms. The van der Waals surface area contributed by atoms with E-state index in [1.54, 1.807) is 32.4 Å². The monoisotopic (exact) mass is 434 g/mol. The number of methoxy groups -OCH3 is 2. The molecule has 1 saturated heterocycles. The lowest BCUT2D eigenvalue weighted by atomic mass is 10.1. The summed E-state index contributed by atoms with van der Waals surface area (Å²) in [7, 11) is 3.16. The van der Waals surface area contributed by atoms with E-state index < -0.39 is 0 Å².